The average Bonchev–Trinajstić information content (AvgIpc) is 2.29. The summed E-state index contributed by atoms with van der Waals surface area (Å²) in [7, 11) is 0. The van der Waals surface area contributed by atoms with Crippen LogP contribution in [0.3, 0.4) is 0 Å². The largest absolute Gasteiger partial charge is 0.462 e. The van der Waals surface area contributed by atoms with E-state index in [2.05, 4.69) is 15.4 Å². The molecule has 6 nitrogen and oxygen atoms in total. The second kappa shape index (κ2) is 6.29. The Morgan fingerprint density at radius 2 is 2.38 bits per heavy atom. The third-order valence-corrected chi connectivity index (χ3v) is 2.42. The number of ether oxygens (including phenoxy) is 1. The molecule has 0 amide bonds. The number of carbonyl (C=O) groups is 1. The van der Waals surface area contributed by atoms with Gasteiger partial charge in [0, 0.05) is 6.20 Å². The van der Waals surface area contributed by atoms with Crippen molar-refractivity contribution in [3.63, 3.8) is 0 Å². The quantitative estimate of drug-likeness (QED) is 0.262. The van der Waals surface area contributed by atoms with Crippen LogP contribution in [0, 0.1) is 0 Å². The number of hydrogen-bond acceptors (Lipinski definition) is 7. The fraction of sp³-hybridized carbons (Fsp3) is 0.444. The molecule has 1 aromatic heterocycles. The van der Waals surface area contributed by atoms with Crippen molar-refractivity contribution in [2.75, 3.05) is 17.8 Å². The lowest BCUT2D eigenvalue weighted by molar-refractivity contribution is 0.0526. The molecule has 0 aromatic carbocycles. The maximum atomic E-state index is 11.5. The minimum Gasteiger partial charge on any atom is -0.462 e. The van der Waals surface area contributed by atoms with Crippen LogP contribution >= 0.6 is 11.8 Å². The Labute approximate surface area is 98.0 Å². The van der Waals surface area contributed by atoms with Gasteiger partial charge in [-0.1, -0.05) is 18.7 Å². The van der Waals surface area contributed by atoms with E-state index in [1.54, 1.807) is 6.92 Å². The van der Waals surface area contributed by atoms with E-state index in [4.69, 9.17) is 10.6 Å². The Kier molecular flexibility index (Phi) is 5.00. The third-order valence-electron chi connectivity index (χ3n) is 1.67. The third kappa shape index (κ3) is 3.07. The lowest BCUT2D eigenvalue weighted by atomic mass is 10.3. The van der Waals surface area contributed by atoms with Gasteiger partial charge in [0.25, 0.3) is 0 Å². The first-order chi connectivity index (χ1) is 7.72. The minimum absolute atomic E-state index is 0.241. The summed E-state index contributed by atoms with van der Waals surface area (Å²) in [5, 5.41) is 0.573. The lowest BCUT2D eigenvalue weighted by Crippen LogP contribution is -2.16. The van der Waals surface area contributed by atoms with Crippen molar-refractivity contribution in [2.24, 2.45) is 5.84 Å². The van der Waals surface area contributed by atoms with Gasteiger partial charge in [-0.05, 0) is 12.7 Å². The van der Waals surface area contributed by atoms with Crippen molar-refractivity contribution in [1.82, 2.24) is 9.97 Å². The second-order valence-electron chi connectivity index (χ2n) is 2.71. The zero-order valence-electron chi connectivity index (χ0n) is 9.19. The van der Waals surface area contributed by atoms with E-state index in [0.29, 0.717) is 11.8 Å². The summed E-state index contributed by atoms with van der Waals surface area (Å²) in [5.41, 5.74) is 2.61. The van der Waals surface area contributed by atoms with Crippen LogP contribution in [0.15, 0.2) is 11.4 Å². The average molecular weight is 242 g/mol. The number of nitrogens with one attached hydrogen (secondary N) is 1. The first-order valence-corrected chi connectivity index (χ1v) is 5.85. The highest BCUT2D eigenvalue weighted by Gasteiger charge is 2.14. The summed E-state index contributed by atoms with van der Waals surface area (Å²) in [6.07, 6.45) is 1.41. The van der Waals surface area contributed by atoms with Gasteiger partial charge in [0.1, 0.15) is 5.56 Å². The fourth-order valence-corrected chi connectivity index (χ4v) is 1.57. The number of aromatic nitrogens is 2. The molecule has 3 N–H and O–H groups in total. The van der Waals surface area contributed by atoms with Gasteiger partial charge in [-0.25, -0.2) is 20.6 Å². The zero-order chi connectivity index (χ0) is 12.0. The molecule has 0 saturated heterocycles. The van der Waals surface area contributed by atoms with E-state index < -0.39 is 5.97 Å². The monoisotopic (exact) mass is 242 g/mol. The standard InChI is InChI=1S/C9H14N4O2S/c1-3-15-8(14)6-5-11-9(16-4-2)12-7(6)13-10/h5H,3-4,10H2,1-2H3,(H,11,12,13). The molecule has 1 heterocycles. The number of hydrazine groups is 1. The normalized spacial score (nSPS) is 9.94. The number of nitrogens with two attached hydrogens (primary N) is 1. The number of rotatable bonds is 5. The Hall–Kier alpha value is -1.34. The SMILES string of the molecule is CCOC(=O)c1cnc(SCC)nc1NN. The second-order valence-corrected chi connectivity index (χ2v) is 3.94. The minimum atomic E-state index is -0.483. The van der Waals surface area contributed by atoms with Crippen LogP contribution in [0.2, 0.25) is 0 Å². The first kappa shape index (κ1) is 12.7. The molecule has 88 valence electrons. The highest BCUT2D eigenvalue weighted by Crippen LogP contribution is 2.17. The van der Waals surface area contributed by atoms with E-state index in [-0.39, 0.29) is 11.4 Å². The number of thioether (sulfide) groups is 1. The van der Waals surface area contributed by atoms with Crippen molar-refractivity contribution in [2.45, 2.75) is 19.0 Å². The van der Waals surface area contributed by atoms with Crippen LogP contribution in [0.5, 0.6) is 0 Å². The van der Waals surface area contributed by atoms with Crippen LogP contribution in [0.4, 0.5) is 5.82 Å². The summed E-state index contributed by atoms with van der Waals surface area (Å²) < 4.78 is 4.85. The topological polar surface area (TPSA) is 90.1 Å². The first-order valence-electron chi connectivity index (χ1n) is 4.86. The molecule has 0 radical (unpaired) electrons. The molecule has 16 heavy (non-hydrogen) atoms. The Balaban J connectivity index is 2.96. The van der Waals surface area contributed by atoms with Gasteiger partial charge in [0.15, 0.2) is 11.0 Å². The van der Waals surface area contributed by atoms with Crippen LogP contribution in [0.25, 0.3) is 0 Å². The van der Waals surface area contributed by atoms with Gasteiger partial charge in [-0.15, -0.1) is 0 Å². The number of carbonyl (C=O) groups excluding carboxylic acids is 1. The Morgan fingerprint density at radius 1 is 1.62 bits per heavy atom. The number of nitrogens with zero attached hydrogens (tertiary/aromatic N) is 2. The maximum absolute atomic E-state index is 11.5. The molecule has 0 saturated carbocycles. The van der Waals surface area contributed by atoms with Crippen molar-refractivity contribution < 1.29 is 9.53 Å². The fourth-order valence-electron chi connectivity index (χ4n) is 1.03. The van der Waals surface area contributed by atoms with Crippen LogP contribution in [-0.4, -0.2) is 28.3 Å². The molecule has 7 heteroatoms. The summed E-state index contributed by atoms with van der Waals surface area (Å²) in [6, 6.07) is 0. The molecule has 0 aliphatic carbocycles. The van der Waals surface area contributed by atoms with Gasteiger partial charge < -0.3 is 10.2 Å². The predicted molar refractivity (Wildman–Crippen MR) is 62.2 cm³/mol. The molecule has 0 spiro atoms. The number of esters is 1. The Bertz CT molecular complexity index is 373. The molecule has 1 rings (SSSR count). The molecular formula is C9H14N4O2S. The number of nitrogen functional groups attached to an aromatic ring is 1. The molecule has 0 aliphatic heterocycles. The van der Waals surface area contributed by atoms with E-state index in [1.807, 2.05) is 6.92 Å². The predicted octanol–water partition coefficient (Wildman–Crippen LogP) is 1.05. The lowest BCUT2D eigenvalue weighted by Gasteiger charge is -2.07. The molecule has 0 bridgehead atoms. The van der Waals surface area contributed by atoms with E-state index in [0.717, 1.165) is 5.75 Å². The van der Waals surface area contributed by atoms with E-state index >= 15 is 0 Å². The zero-order valence-corrected chi connectivity index (χ0v) is 10.0. The summed E-state index contributed by atoms with van der Waals surface area (Å²) in [4.78, 5) is 19.6. The maximum Gasteiger partial charge on any atom is 0.343 e. The van der Waals surface area contributed by atoms with E-state index in [9.17, 15) is 4.79 Å². The van der Waals surface area contributed by atoms with Crippen molar-refractivity contribution in [3.8, 4) is 0 Å². The van der Waals surface area contributed by atoms with E-state index in [1.165, 1.54) is 18.0 Å². The van der Waals surface area contributed by atoms with Crippen molar-refractivity contribution in [1.29, 1.82) is 0 Å². The van der Waals surface area contributed by atoms with Gasteiger partial charge in [0.2, 0.25) is 0 Å². The van der Waals surface area contributed by atoms with Gasteiger partial charge in [-0.3, -0.25) is 0 Å². The van der Waals surface area contributed by atoms with Crippen molar-refractivity contribution >= 4 is 23.5 Å². The van der Waals surface area contributed by atoms with Crippen molar-refractivity contribution in [3.05, 3.63) is 11.8 Å². The van der Waals surface area contributed by atoms with Crippen LogP contribution < -0.4 is 11.3 Å². The van der Waals surface area contributed by atoms with Crippen LogP contribution in [-0.2, 0) is 4.74 Å². The summed E-state index contributed by atoms with van der Waals surface area (Å²) in [6.45, 7) is 4.02. The van der Waals surface area contributed by atoms with Crippen LogP contribution in [0.1, 0.15) is 24.2 Å². The van der Waals surface area contributed by atoms with Gasteiger partial charge >= 0.3 is 5.97 Å². The highest BCUT2D eigenvalue weighted by atomic mass is 32.2. The molecule has 1 aromatic rings. The molecule has 0 atom stereocenters. The number of anilines is 1. The molecule has 0 aliphatic rings. The van der Waals surface area contributed by atoms with Gasteiger partial charge in [-0.2, -0.15) is 0 Å². The summed E-state index contributed by atoms with van der Waals surface area (Å²) >= 11 is 1.47. The molecular weight excluding hydrogens is 228 g/mol. The number of hydrogen-bond donors (Lipinski definition) is 2. The molecule has 0 unspecified atom stereocenters. The molecule has 0 fully saturated rings. The highest BCUT2D eigenvalue weighted by molar-refractivity contribution is 7.99. The smallest absolute Gasteiger partial charge is 0.343 e. The summed E-state index contributed by atoms with van der Waals surface area (Å²) in [5.74, 6) is 5.94. The Morgan fingerprint density at radius 3 is 2.94 bits per heavy atom. The van der Waals surface area contributed by atoms with Gasteiger partial charge in [0.05, 0.1) is 6.61 Å².